The molecule has 0 radical (unpaired) electrons. The number of amides is 2. The molecule has 164 valence electrons. The average Bonchev–Trinajstić information content (AvgIpc) is 3.10. The van der Waals surface area contributed by atoms with Gasteiger partial charge in [0.2, 0.25) is 11.8 Å². The lowest BCUT2D eigenvalue weighted by molar-refractivity contribution is -0.122. The number of hydrogen-bond acceptors (Lipinski definition) is 4. The number of nitrogens with zero attached hydrogens (tertiary/aromatic N) is 1. The topological polar surface area (TPSA) is 63.7 Å². The number of hydrogen-bond donors (Lipinski definition) is 0. The fourth-order valence-corrected chi connectivity index (χ4v) is 6.14. The lowest BCUT2D eigenvalue weighted by Crippen LogP contribution is -2.41. The van der Waals surface area contributed by atoms with Crippen LogP contribution in [0.1, 0.15) is 51.4 Å². The number of carbonyl (C=O) groups is 3. The standard InChI is InChI=1S/C27H20ClNO4/c1-2-33-27(32)19-13-14(11-12-20(19)28)29-25(30)23-21-15-7-3-4-8-16(15)22(24(23)26(29)31)18-10-6-5-9-17(18)21/h3-13,21-24H,2H2,1H3. The summed E-state index contributed by atoms with van der Waals surface area (Å²) in [5, 5.41) is 0.216. The van der Waals surface area contributed by atoms with Crippen molar-refractivity contribution in [1.29, 1.82) is 0 Å². The molecule has 3 aromatic carbocycles. The van der Waals surface area contributed by atoms with Gasteiger partial charge in [-0.25, -0.2) is 9.69 Å². The van der Waals surface area contributed by atoms with Crippen molar-refractivity contribution in [1.82, 2.24) is 0 Å². The zero-order valence-electron chi connectivity index (χ0n) is 17.8. The van der Waals surface area contributed by atoms with Crippen molar-refractivity contribution < 1.29 is 19.1 Å². The highest BCUT2D eigenvalue weighted by Gasteiger charge is 2.61. The minimum absolute atomic E-state index is 0.140. The Morgan fingerprint density at radius 1 is 0.848 bits per heavy atom. The highest BCUT2D eigenvalue weighted by molar-refractivity contribution is 6.34. The molecule has 2 bridgehead atoms. The summed E-state index contributed by atoms with van der Waals surface area (Å²) in [5.41, 5.74) is 4.96. The van der Waals surface area contributed by atoms with Gasteiger partial charge in [-0.3, -0.25) is 9.59 Å². The third kappa shape index (κ3) is 2.69. The SMILES string of the molecule is CCOC(=O)c1cc(N2C(=O)C3C4c5ccccc5C(c5ccccc54)C3C2=O)ccc1Cl. The van der Waals surface area contributed by atoms with Crippen LogP contribution >= 0.6 is 11.6 Å². The first-order valence-corrected chi connectivity index (χ1v) is 11.4. The van der Waals surface area contributed by atoms with Gasteiger partial charge >= 0.3 is 5.97 Å². The molecule has 7 rings (SSSR count). The largest absolute Gasteiger partial charge is 0.462 e. The van der Waals surface area contributed by atoms with E-state index in [1.165, 1.54) is 17.0 Å². The van der Waals surface area contributed by atoms with Crippen LogP contribution < -0.4 is 4.90 Å². The Morgan fingerprint density at radius 3 is 1.79 bits per heavy atom. The molecular formula is C27H20ClNO4. The van der Waals surface area contributed by atoms with E-state index in [-0.39, 0.29) is 40.8 Å². The molecule has 2 unspecified atom stereocenters. The summed E-state index contributed by atoms with van der Waals surface area (Å²) in [6, 6.07) is 20.9. The zero-order chi connectivity index (χ0) is 22.9. The van der Waals surface area contributed by atoms with Crippen LogP contribution in [0.15, 0.2) is 66.7 Å². The van der Waals surface area contributed by atoms with E-state index in [9.17, 15) is 14.4 Å². The zero-order valence-corrected chi connectivity index (χ0v) is 18.6. The molecule has 1 saturated heterocycles. The molecular weight excluding hydrogens is 438 g/mol. The Kier molecular flexibility index (Phi) is 4.46. The summed E-state index contributed by atoms with van der Waals surface area (Å²) in [6.07, 6.45) is 0. The normalized spacial score (nSPS) is 24.4. The van der Waals surface area contributed by atoms with Gasteiger partial charge in [-0.15, -0.1) is 0 Å². The molecule has 0 N–H and O–H groups in total. The van der Waals surface area contributed by atoms with Gasteiger partial charge in [-0.05, 0) is 47.4 Å². The van der Waals surface area contributed by atoms with Gasteiger partial charge in [-0.2, -0.15) is 0 Å². The number of halogens is 1. The second-order valence-corrected chi connectivity index (χ2v) is 9.07. The van der Waals surface area contributed by atoms with Gasteiger partial charge in [0, 0.05) is 11.8 Å². The fraction of sp³-hybridized carbons (Fsp3) is 0.222. The van der Waals surface area contributed by atoms with E-state index >= 15 is 0 Å². The predicted molar refractivity (Wildman–Crippen MR) is 123 cm³/mol. The number of esters is 1. The van der Waals surface area contributed by atoms with Gasteiger partial charge in [0.1, 0.15) is 0 Å². The van der Waals surface area contributed by atoms with Crippen molar-refractivity contribution in [3.05, 3.63) is 99.6 Å². The highest BCUT2D eigenvalue weighted by atomic mass is 35.5. The molecule has 1 fully saturated rings. The summed E-state index contributed by atoms with van der Waals surface area (Å²) < 4.78 is 5.09. The molecule has 4 aliphatic rings. The molecule has 3 aromatic rings. The Morgan fingerprint density at radius 2 is 1.33 bits per heavy atom. The van der Waals surface area contributed by atoms with Gasteiger partial charge in [0.15, 0.2) is 0 Å². The number of carbonyl (C=O) groups excluding carboxylic acids is 3. The summed E-state index contributed by atoms with van der Waals surface area (Å²) in [4.78, 5) is 41.2. The number of imide groups is 1. The van der Waals surface area contributed by atoms with E-state index in [4.69, 9.17) is 16.3 Å². The van der Waals surface area contributed by atoms with E-state index < -0.39 is 17.8 Å². The molecule has 0 aromatic heterocycles. The number of anilines is 1. The predicted octanol–water partition coefficient (Wildman–Crippen LogP) is 4.91. The van der Waals surface area contributed by atoms with Crippen molar-refractivity contribution in [2.24, 2.45) is 11.8 Å². The number of ether oxygens (including phenoxy) is 1. The summed E-state index contributed by atoms with van der Waals surface area (Å²) in [5.74, 6) is -2.36. The molecule has 0 spiro atoms. The quantitative estimate of drug-likeness (QED) is 0.414. The van der Waals surface area contributed by atoms with E-state index in [1.807, 2.05) is 24.3 Å². The molecule has 6 heteroatoms. The molecule has 5 nitrogen and oxygen atoms in total. The van der Waals surface area contributed by atoms with Crippen molar-refractivity contribution in [2.75, 3.05) is 11.5 Å². The Hall–Kier alpha value is -3.44. The van der Waals surface area contributed by atoms with Gasteiger partial charge < -0.3 is 4.74 Å². The smallest absolute Gasteiger partial charge is 0.339 e. The monoisotopic (exact) mass is 457 g/mol. The van der Waals surface area contributed by atoms with Crippen molar-refractivity contribution in [3.8, 4) is 0 Å². The van der Waals surface area contributed by atoms with Crippen LogP contribution in [-0.2, 0) is 14.3 Å². The van der Waals surface area contributed by atoms with E-state index in [0.29, 0.717) is 5.69 Å². The summed E-state index contributed by atoms with van der Waals surface area (Å²) in [7, 11) is 0. The molecule has 33 heavy (non-hydrogen) atoms. The van der Waals surface area contributed by atoms with Crippen LogP contribution in [0.4, 0.5) is 5.69 Å². The van der Waals surface area contributed by atoms with Gasteiger partial charge in [0.05, 0.1) is 34.7 Å². The minimum atomic E-state index is -0.583. The Bertz CT molecular complexity index is 1230. The maximum Gasteiger partial charge on any atom is 0.339 e. The number of rotatable bonds is 3. The van der Waals surface area contributed by atoms with Crippen LogP contribution in [-0.4, -0.2) is 24.4 Å². The van der Waals surface area contributed by atoms with Gasteiger partial charge in [0.25, 0.3) is 0 Å². The third-order valence-corrected chi connectivity index (χ3v) is 7.48. The highest BCUT2D eigenvalue weighted by Crippen LogP contribution is 2.61. The maximum atomic E-state index is 13.8. The Labute approximate surface area is 195 Å². The van der Waals surface area contributed by atoms with Crippen LogP contribution in [0.2, 0.25) is 5.02 Å². The third-order valence-electron chi connectivity index (χ3n) is 7.15. The maximum absolute atomic E-state index is 13.8. The molecule has 1 heterocycles. The van der Waals surface area contributed by atoms with Crippen molar-refractivity contribution in [3.63, 3.8) is 0 Å². The summed E-state index contributed by atoms with van der Waals surface area (Å²) in [6.45, 7) is 1.91. The van der Waals surface area contributed by atoms with Gasteiger partial charge in [-0.1, -0.05) is 60.1 Å². The fourth-order valence-electron chi connectivity index (χ4n) is 5.95. The number of benzene rings is 3. The van der Waals surface area contributed by atoms with Crippen LogP contribution in [0, 0.1) is 11.8 Å². The lowest BCUT2D eigenvalue weighted by atomic mass is 9.55. The van der Waals surface area contributed by atoms with Crippen LogP contribution in [0.3, 0.4) is 0 Å². The van der Waals surface area contributed by atoms with Crippen LogP contribution in [0.5, 0.6) is 0 Å². The first kappa shape index (κ1) is 20.2. The van der Waals surface area contributed by atoms with E-state index in [1.54, 1.807) is 13.0 Å². The molecule has 2 amide bonds. The molecule has 0 saturated carbocycles. The first-order valence-electron chi connectivity index (χ1n) is 11.0. The first-order chi connectivity index (χ1) is 16.0. The molecule has 1 aliphatic heterocycles. The molecule has 3 aliphatic carbocycles. The molecule has 2 atom stereocenters. The van der Waals surface area contributed by atoms with Crippen molar-refractivity contribution >= 4 is 35.1 Å². The second-order valence-electron chi connectivity index (χ2n) is 8.66. The van der Waals surface area contributed by atoms with Crippen LogP contribution in [0.25, 0.3) is 0 Å². The minimum Gasteiger partial charge on any atom is -0.462 e. The average molecular weight is 458 g/mol. The lowest BCUT2D eigenvalue weighted by Gasteiger charge is -2.45. The van der Waals surface area contributed by atoms with Crippen molar-refractivity contribution in [2.45, 2.75) is 18.8 Å². The van der Waals surface area contributed by atoms with E-state index in [2.05, 4.69) is 24.3 Å². The summed E-state index contributed by atoms with van der Waals surface area (Å²) >= 11 is 6.22. The van der Waals surface area contributed by atoms with E-state index in [0.717, 1.165) is 22.3 Å². The Balaban J connectivity index is 1.49. The second kappa shape index (κ2) is 7.29.